The zero-order valence-electron chi connectivity index (χ0n) is 20.9. The molecule has 0 unspecified atom stereocenters. The first-order valence-electron chi connectivity index (χ1n) is 11.8. The van der Waals surface area contributed by atoms with Crippen LogP contribution >= 0.6 is 23.2 Å². The van der Waals surface area contributed by atoms with Crippen LogP contribution in [0.25, 0.3) is 0 Å². The topological polar surface area (TPSA) is 86.8 Å². The Morgan fingerprint density at radius 1 is 0.974 bits per heavy atom. The van der Waals surface area contributed by atoms with Crippen LogP contribution in [0.15, 0.2) is 72.8 Å². The van der Waals surface area contributed by atoms with E-state index < -0.39 is 40.2 Å². The molecule has 2 amide bonds. The van der Waals surface area contributed by atoms with Crippen LogP contribution in [0.4, 0.5) is 10.1 Å². The number of carbonyl (C=O) groups is 2. The van der Waals surface area contributed by atoms with E-state index in [1.165, 1.54) is 41.3 Å². The van der Waals surface area contributed by atoms with Crippen molar-refractivity contribution in [1.82, 2.24) is 10.2 Å². The van der Waals surface area contributed by atoms with Crippen molar-refractivity contribution >= 4 is 50.7 Å². The SMILES string of the molecule is CCNC(=O)[C@H](Cc1ccccc1)N(Cc1ccccc1F)C(=O)CN(c1cc(Cl)cc(Cl)c1)S(C)(=O)=O. The quantitative estimate of drug-likeness (QED) is 0.357. The van der Waals surface area contributed by atoms with Crippen molar-refractivity contribution in [3.63, 3.8) is 0 Å². The third-order valence-electron chi connectivity index (χ3n) is 5.74. The maximum absolute atomic E-state index is 14.7. The number of hydrogen-bond donors (Lipinski definition) is 1. The van der Waals surface area contributed by atoms with Gasteiger partial charge < -0.3 is 10.2 Å². The van der Waals surface area contributed by atoms with Gasteiger partial charge in [-0.15, -0.1) is 0 Å². The van der Waals surface area contributed by atoms with Gasteiger partial charge in [-0.3, -0.25) is 13.9 Å². The standard InChI is InChI=1S/C27H28Cl2FN3O4S/c1-3-31-27(35)25(13-19-9-5-4-6-10-19)32(17-20-11-7-8-12-24(20)30)26(34)18-33(38(2,36)37)23-15-21(28)14-22(29)16-23/h4-12,14-16,25H,3,13,17-18H2,1-2H3,(H,31,35)/t25-/m0/s1. The molecule has 0 saturated carbocycles. The number of halogens is 3. The summed E-state index contributed by atoms with van der Waals surface area (Å²) in [5.41, 5.74) is 1.04. The van der Waals surface area contributed by atoms with Gasteiger partial charge in [0.25, 0.3) is 0 Å². The van der Waals surface area contributed by atoms with Crippen LogP contribution in [0.1, 0.15) is 18.1 Å². The number of nitrogens with one attached hydrogen (secondary N) is 1. The van der Waals surface area contributed by atoms with Gasteiger partial charge in [-0.2, -0.15) is 0 Å². The molecule has 3 aromatic carbocycles. The van der Waals surface area contributed by atoms with E-state index in [2.05, 4.69) is 5.32 Å². The second-order valence-corrected chi connectivity index (χ2v) is 11.4. The molecule has 0 fully saturated rings. The maximum atomic E-state index is 14.7. The van der Waals surface area contributed by atoms with E-state index in [0.717, 1.165) is 16.1 Å². The molecule has 1 atom stereocenters. The highest BCUT2D eigenvalue weighted by molar-refractivity contribution is 7.92. The summed E-state index contributed by atoms with van der Waals surface area (Å²) in [7, 11) is -3.98. The van der Waals surface area contributed by atoms with Crippen LogP contribution in [0.5, 0.6) is 0 Å². The van der Waals surface area contributed by atoms with Crippen LogP contribution in [0.2, 0.25) is 10.0 Å². The van der Waals surface area contributed by atoms with E-state index in [-0.39, 0.29) is 34.3 Å². The second kappa shape index (κ2) is 13.1. The van der Waals surface area contributed by atoms with Crippen LogP contribution < -0.4 is 9.62 Å². The largest absolute Gasteiger partial charge is 0.355 e. The number of benzene rings is 3. The fourth-order valence-corrected chi connectivity index (χ4v) is 5.30. The lowest BCUT2D eigenvalue weighted by atomic mass is 10.0. The summed E-state index contributed by atoms with van der Waals surface area (Å²) in [4.78, 5) is 28.3. The normalized spacial score (nSPS) is 12.0. The van der Waals surface area contributed by atoms with Crippen molar-refractivity contribution in [2.24, 2.45) is 0 Å². The molecule has 0 saturated heterocycles. The van der Waals surface area contributed by atoms with E-state index in [1.54, 1.807) is 25.1 Å². The molecular formula is C27H28Cl2FN3O4S. The first-order chi connectivity index (χ1) is 18.0. The second-order valence-electron chi connectivity index (χ2n) is 8.61. The molecule has 0 heterocycles. The van der Waals surface area contributed by atoms with E-state index >= 15 is 0 Å². The molecule has 38 heavy (non-hydrogen) atoms. The summed E-state index contributed by atoms with van der Waals surface area (Å²) in [6, 6.07) is 18.1. The van der Waals surface area contributed by atoms with Crippen molar-refractivity contribution in [2.75, 3.05) is 23.7 Å². The smallest absolute Gasteiger partial charge is 0.244 e. The summed E-state index contributed by atoms with van der Waals surface area (Å²) in [6.07, 6.45) is 1.08. The van der Waals surface area contributed by atoms with E-state index in [1.807, 2.05) is 18.2 Å². The predicted molar refractivity (Wildman–Crippen MR) is 148 cm³/mol. The number of rotatable bonds is 11. The number of sulfonamides is 1. The fourth-order valence-electron chi connectivity index (χ4n) is 3.95. The molecule has 0 aromatic heterocycles. The lowest BCUT2D eigenvalue weighted by molar-refractivity contribution is -0.140. The lowest BCUT2D eigenvalue weighted by Crippen LogP contribution is -2.53. The van der Waals surface area contributed by atoms with Crippen LogP contribution in [-0.4, -0.2) is 50.5 Å². The predicted octanol–water partition coefficient (Wildman–Crippen LogP) is 4.67. The van der Waals surface area contributed by atoms with Gasteiger partial charge in [0.15, 0.2) is 0 Å². The average molecular weight is 581 g/mol. The lowest BCUT2D eigenvalue weighted by Gasteiger charge is -2.33. The minimum atomic E-state index is -3.98. The number of nitrogens with zero attached hydrogens (tertiary/aromatic N) is 2. The Balaban J connectivity index is 2.07. The Labute approximate surface area is 232 Å². The van der Waals surface area contributed by atoms with Crippen LogP contribution in [0.3, 0.4) is 0 Å². The number of amides is 2. The Hall–Kier alpha value is -3.14. The van der Waals surface area contributed by atoms with Crippen LogP contribution in [0, 0.1) is 5.82 Å². The highest BCUT2D eigenvalue weighted by Crippen LogP contribution is 2.27. The molecule has 0 aliphatic carbocycles. The number of hydrogen-bond acceptors (Lipinski definition) is 4. The van der Waals surface area contributed by atoms with Gasteiger partial charge in [-0.25, -0.2) is 12.8 Å². The van der Waals surface area contributed by atoms with E-state index in [9.17, 15) is 22.4 Å². The summed E-state index contributed by atoms with van der Waals surface area (Å²) < 4.78 is 41.0. The third kappa shape index (κ3) is 7.93. The Morgan fingerprint density at radius 3 is 2.16 bits per heavy atom. The highest BCUT2D eigenvalue weighted by Gasteiger charge is 2.33. The minimum absolute atomic E-state index is 0.0850. The first kappa shape index (κ1) is 29.4. The van der Waals surface area contributed by atoms with Crippen molar-refractivity contribution in [2.45, 2.75) is 25.9 Å². The molecule has 0 radical (unpaired) electrons. The Kier molecular flexibility index (Phi) is 10.1. The van der Waals surface area contributed by atoms with Crippen LogP contribution in [-0.2, 0) is 32.6 Å². The maximum Gasteiger partial charge on any atom is 0.244 e. The molecule has 0 aliphatic heterocycles. The monoisotopic (exact) mass is 579 g/mol. The number of anilines is 1. The summed E-state index contributed by atoms with van der Waals surface area (Å²) in [5.74, 6) is -1.71. The molecule has 1 N–H and O–H groups in total. The minimum Gasteiger partial charge on any atom is -0.355 e. The van der Waals surface area contributed by atoms with Crippen molar-refractivity contribution in [3.05, 3.63) is 99.8 Å². The summed E-state index contributed by atoms with van der Waals surface area (Å²) in [5, 5.41) is 3.10. The third-order valence-corrected chi connectivity index (χ3v) is 7.31. The van der Waals surface area contributed by atoms with E-state index in [0.29, 0.717) is 6.54 Å². The van der Waals surface area contributed by atoms with E-state index in [4.69, 9.17) is 23.2 Å². The zero-order valence-corrected chi connectivity index (χ0v) is 23.2. The summed E-state index contributed by atoms with van der Waals surface area (Å²) >= 11 is 12.2. The fraction of sp³-hybridized carbons (Fsp3) is 0.259. The number of likely N-dealkylation sites (N-methyl/N-ethyl adjacent to an activating group) is 1. The molecule has 0 aliphatic rings. The van der Waals surface area contributed by atoms with Gasteiger partial charge in [0.05, 0.1) is 11.9 Å². The molecule has 3 aromatic rings. The zero-order chi connectivity index (χ0) is 27.9. The summed E-state index contributed by atoms with van der Waals surface area (Å²) in [6.45, 7) is 1.14. The van der Waals surface area contributed by atoms with Gasteiger partial charge in [-0.1, -0.05) is 71.7 Å². The van der Waals surface area contributed by atoms with Gasteiger partial charge in [0.2, 0.25) is 21.8 Å². The molecule has 0 bridgehead atoms. The number of carbonyl (C=O) groups excluding carboxylic acids is 2. The molecular weight excluding hydrogens is 552 g/mol. The molecule has 11 heteroatoms. The van der Waals surface area contributed by atoms with Crippen molar-refractivity contribution in [3.8, 4) is 0 Å². The van der Waals surface area contributed by atoms with Gasteiger partial charge in [-0.05, 0) is 36.8 Å². The average Bonchev–Trinajstić information content (AvgIpc) is 2.85. The highest BCUT2D eigenvalue weighted by atomic mass is 35.5. The first-order valence-corrected chi connectivity index (χ1v) is 14.4. The van der Waals surface area contributed by atoms with Crippen molar-refractivity contribution < 1.29 is 22.4 Å². The Morgan fingerprint density at radius 2 is 1.58 bits per heavy atom. The molecule has 7 nitrogen and oxygen atoms in total. The van der Waals surface area contributed by atoms with Gasteiger partial charge in [0.1, 0.15) is 18.4 Å². The van der Waals surface area contributed by atoms with Gasteiger partial charge >= 0.3 is 0 Å². The molecule has 3 rings (SSSR count). The molecule has 0 spiro atoms. The molecule has 202 valence electrons. The van der Waals surface area contributed by atoms with Crippen molar-refractivity contribution in [1.29, 1.82) is 0 Å². The Bertz CT molecular complexity index is 1370. The van der Waals surface area contributed by atoms with Gasteiger partial charge in [0, 0.05) is 35.1 Å².